The second kappa shape index (κ2) is 12.2. The van der Waals surface area contributed by atoms with Crippen LogP contribution in [0, 0.1) is 0 Å². The van der Waals surface area contributed by atoms with Gasteiger partial charge < -0.3 is 19.5 Å². The highest BCUT2D eigenvalue weighted by Crippen LogP contribution is 2.34. The van der Waals surface area contributed by atoms with E-state index < -0.39 is 12.0 Å². The van der Waals surface area contributed by atoms with Gasteiger partial charge in [0.1, 0.15) is 0 Å². The Morgan fingerprint density at radius 2 is 1.84 bits per heavy atom. The number of methoxy groups -OCH3 is 1. The van der Waals surface area contributed by atoms with Crippen LogP contribution in [0.25, 0.3) is 21.5 Å². The fourth-order valence-electron chi connectivity index (χ4n) is 3.99. The average Bonchev–Trinajstić information content (AvgIpc) is 3.34. The van der Waals surface area contributed by atoms with Gasteiger partial charge in [0.25, 0.3) is 5.91 Å². The Balaban J connectivity index is 1.73. The second-order valence-corrected chi connectivity index (χ2v) is 10.5. The monoisotopic (exact) mass is 582 g/mol. The Bertz CT molecular complexity index is 1420. The minimum Gasteiger partial charge on any atom is -0.493 e. The van der Waals surface area contributed by atoms with E-state index in [0.29, 0.717) is 40.4 Å². The van der Waals surface area contributed by atoms with E-state index in [4.69, 9.17) is 19.2 Å². The number of halogens is 1. The van der Waals surface area contributed by atoms with Crippen molar-refractivity contribution in [1.82, 2.24) is 10.3 Å². The first kappa shape index (κ1) is 26.6. The Kier molecular flexibility index (Phi) is 8.78. The molecule has 2 heterocycles. The van der Waals surface area contributed by atoms with E-state index in [9.17, 15) is 9.59 Å². The van der Waals surface area contributed by atoms with Gasteiger partial charge >= 0.3 is 5.97 Å². The number of amides is 1. The summed E-state index contributed by atoms with van der Waals surface area (Å²) >= 11 is 5.04. The van der Waals surface area contributed by atoms with Crippen LogP contribution in [0.1, 0.15) is 42.2 Å². The number of thiophene rings is 1. The number of nitrogens with one attached hydrogen (secondary N) is 1. The first-order valence-electron chi connectivity index (χ1n) is 11.9. The molecule has 7 nitrogen and oxygen atoms in total. The number of fused-ring (bicyclic) bond motifs is 1. The first-order valence-corrected chi connectivity index (χ1v) is 13.5. The van der Waals surface area contributed by atoms with Crippen LogP contribution in [0.3, 0.4) is 0 Å². The molecule has 0 bridgehead atoms. The summed E-state index contributed by atoms with van der Waals surface area (Å²) in [5, 5.41) is 3.77. The third kappa shape index (κ3) is 6.29. The summed E-state index contributed by atoms with van der Waals surface area (Å²) < 4.78 is 17.3. The molecule has 0 aliphatic rings. The van der Waals surface area contributed by atoms with Crippen molar-refractivity contribution in [1.29, 1.82) is 0 Å². The van der Waals surface area contributed by atoms with E-state index in [1.165, 1.54) is 11.3 Å². The summed E-state index contributed by atoms with van der Waals surface area (Å²) in [6.45, 7) is 4.37. The van der Waals surface area contributed by atoms with Crippen LogP contribution in [0.5, 0.6) is 11.5 Å². The van der Waals surface area contributed by atoms with Gasteiger partial charge in [-0.3, -0.25) is 9.59 Å². The number of ether oxygens (including phenoxy) is 3. The average molecular weight is 584 g/mol. The molecule has 0 unspecified atom stereocenters. The van der Waals surface area contributed by atoms with Gasteiger partial charge in [0, 0.05) is 5.39 Å². The van der Waals surface area contributed by atoms with Crippen molar-refractivity contribution in [2.75, 3.05) is 20.3 Å². The van der Waals surface area contributed by atoms with Gasteiger partial charge in [-0.1, -0.05) is 24.3 Å². The molecule has 4 aromatic rings. The van der Waals surface area contributed by atoms with Crippen molar-refractivity contribution in [3.05, 3.63) is 75.6 Å². The molecule has 0 saturated heterocycles. The van der Waals surface area contributed by atoms with E-state index in [2.05, 4.69) is 21.2 Å². The molecule has 37 heavy (non-hydrogen) atoms. The highest BCUT2D eigenvalue weighted by atomic mass is 79.9. The van der Waals surface area contributed by atoms with Crippen LogP contribution < -0.4 is 14.8 Å². The van der Waals surface area contributed by atoms with E-state index >= 15 is 0 Å². The van der Waals surface area contributed by atoms with Crippen LogP contribution in [0.4, 0.5) is 0 Å². The van der Waals surface area contributed by atoms with E-state index in [1.807, 2.05) is 49.4 Å². The van der Waals surface area contributed by atoms with Gasteiger partial charge in [-0.15, -0.1) is 11.3 Å². The molecule has 0 radical (unpaired) electrons. The zero-order valence-electron chi connectivity index (χ0n) is 20.7. The molecule has 1 N–H and O–H groups in total. The molecule has 0 aliphatic carbocycles. The predicted molar refractivity (Wildman–Crippen MR) is 148 cm³/mol. The number of hydrogen-bond donors (Lipinski definition) is 1. The maximum atomic E-state index is 13.7. The standard InChI is InChI=1S/C28H27BrN2O5S/c1-4-35-23-11-10-17(14-24(23)34-3)21(16-27(32)36-5-2)31-28(33)19-15-22(25-12-13-26(29)37-25)30-20-9-7-6-8-18(19)20/h6-15,21H,4-5,16H2,1-3H3,(H,31,33)/t21-/m0/s1. The second-order valence-electron chi connectivity index (χ2n) is 8.05. The van der Waals surface area contributed by atoms with E-state index in [-0.39, 0.29) is 18.9 Å². The lowest BCUT2D eigenvalue weighted by Crippen LogP contribution is -2.31. The lowest BCUT2D eigenvalue weighted by Gasteiger charge is -2.21. The zero-order valence-corrected chi connectivity index (χ0v) is 23.1. The molecule has 0 fully saturated rings. The maximum Gasteiger partial charge on any atom is 0.308 e. The summed E-state index contributed by atoms with van der Waals surface area (Å²) in [5.74, 6) is 0.367. The highest BCUT2D eigenvalue weighted by molar-refractivity contribution is 9.11. The lowest BCUT2D eigenvalue weighted by atomic mass is 10.0. The number of carbonyl (C=O) groups excluding carboxylic acids is 2. The van der Waals surface area contributed by atoms with Crippen molar-refractivity contribution in [3.63, 3.8) is 0 Å². The molecule has 2 aromatic carbocycles. The zero-order chi connectivity index (χ0) is 26.4. The topological polar surface area (TPSA) is 86.8 Å². The molecule has 192 valence electrons. The predicted octanol–water partition coefficient (Wildman–Crippen LogP) is 6.56. The Hall–Kier alpha value is -3.43. The smallest absolute Gasteiger partial charge is 0.308 e. The molecule has 0 saturated carbocycles. The van der Waals surface area contributed by atoms with Crippen molar-refractivity contribution in [3.8, 4) is 22.1 Å². The molecular formula is C28H27BrN2O5S. The van der Waals surface area contributed by atoms with Crippen LogP contribution in [0.15, 0.2) is 64.5 Å². The number of nitrogens with zero attached hydrogens (tertiary/aromatic N) is 1. The van der Waals surface area contributed by atoms with Gasteiger partial charge in [0.2, 0.25) is 0 Å². The van der Waals surface area contributed by atoms with Crippen molar-refractivity contribution in [2.45, 2.75) is 26.3 Å². The van der Waals surface area contributed by atoms with E-state index in [1.54, 1.807) is 32.2 Å². The summed E-state index contributed by atoms with van der Waals surface area (Å²) in [7, 11) is 1.55. The van der Waals surface area contributed by atoms with Crippen LogP contribution in [0.2, 0.25) is 0 Å². The van der Waals surface area contributed by atoms with Crippen LogP contribution in [-0.4, -0.2) is 37.2 Å². The summed E-state index contributed by atoms with van der Waals surface area (Å²) in [4.78, 5) is 31.9. The minimum absolute atomic E-state index is 0.0372. The number of pyridine rings is 1. The molecule has 1 amide bonds. The largest absolute Gasteiger partial charge is 0.493 e. The van der Waals surface area contributed by atoms with Gasteiger partial charge in [0.05, 0.1) is 58.2 Å². The molecule has 0 aliphatic heterocycles. The number of hydrogen-bond acceptors (Lipinski definition) is 7. The lowest BCUT2D eigenvalue weighted by molar-refractivity contribution is -0.143. The van der Waals surface area contributed by atoms with Crippen LogP contribution in [-0.2, 0) is 9.53 Å². The number of rotatable bonds is 10. The molecule has 4 rings (SSSR count). The SMILES string of the molecule is CCOC(=O)C[C@H](NC(=O)c1cc(-c2ccc(Br)s2)nc2ccccc12)c1ccc(OCC)c(OC)c1. The fourth-order valence-corrected chi connectivity index (χ4v) is 5.34. The van der Waals surface area contributed by atoms with Gasteiger partial charge in [-0.2, -0.15) is 0 Å². The highest BCUT2D eigenvalue weighted by Gasteiger charge is 2.23. The van der Waals surface area contributed by atoms with Gasteiger partial charge in [-0.05, 0) is 71.7 Å². The maximum absolute atomic E-state index is 13.7. The number of esters is 1. The quantitative estimate of drug-likeness (QED) is 0.213. The normalized spacial score (nSPS) is 11.7. The summed E-state index contributed by atoms with van der Waals surface area (Å²) in [5.41, 5.74) is 2.57. The van der Waals surface area contributed by atoms with Crippen LogP contribution >= 0.6 is 27.3 Å². The van der Waals surface area contributed by atoms with Gasteiger partial charge in [-0.25, -0.2) is 4.98 Å². The number of carbonyl (C=O) groups is 2. The number of para-hydroxylation sites is 1. The van der Waals surface area contributed by atoms with Gasteiger partial charge in [0.15, 0.2) is 11.5 Å². The van der Waals surface area contributed by atoms with Crippen molar-refractivity contribution >= 4 is 50.0 Å². The molecule has 9 heteroatoms. The fraction of sp³-hybridized carbons (Fsp3) is 0.250. The molecule has 0 spiro atoms. The summed E-state index contributed by atoms with van der Waals surface area (Å²) in [6, 6.07) is 17.9. The molecule has 1 atom stereocenters. The van der Waals surface area contributed by atoms with Crippen molar-refractivity contribution < 1.29 is 23.8 Å². The third-order valence-corrected chi connectivity index (χ3v) is 7.30. The number of aromatic nitrogens is 1. The minimum atomic E-state index is -0.651. The Labute approximate surface area is 227 Å². The third-order valence-electron chi connectivity index (χ3n) is 5.66. The molecule has 2 aromatic heterocycles. The Morgan fingerprint density at radius 1 is 1.03 bits per heavy atom. The Morgan fingerprint density at radius 3 is 2.54 bits per heavy atom. The number of benzene rings is 2. The first-order chi connectivity index (χ1) is 17.9. The van der Waals surface area contributed by atoms with Crippen molar-refractivity contribution in [2.24, 2.45) is 0 Å². The van der Waals surface area contributed by atoms with E-state index in [0.717, 1.165) is 14.0 Å². The molecular weight excluding hydrogens is 556 g/mol. The summed E-state index contributed by atoms with van der Waals surface area (Å²) in [6.07, 6.45) is -0.0372.